The van der Waals surface area contributed by atoms with E-state index in [0.29, 0.717) is 0 Å². The molecule has 0 bridgehead atoms. The van der Waals surface area contributed by atoms with Crippen molar-refractivity contribution < 1.29 is 14.3 Å². The van der Waals surface area contributed by atoms with Crippen LogP contribution in [0.4, 0.5) is 0 Å². The predicted octanol–water partition coefficient (Wildman–Crippen LogP) is 1.79. The second kappa shape index (κ2) is 4.16. The van der Waals surface area contributed by atoms with Gasteiger partial charge in [0.2, 0.25) is 0 Å². The Morgan fingerprint density at radius 3 is 2.73 bits per heavy atom. The first-order valence-electron chi connectivity index (χ1n) is 5.46. The number of esters is 1. The van der Waals surface area contributed by atoms with Gasteiger partial charge in [-0.15, -0.1) is 11.8 Å². The fraction of sp³-hybridized carbons (Fsp3) is 0.818. The summed E-state index contributed by atoms with van der Waals surface area (Å²) in [5.74, 6) is 1.08. The van der Waals surface area contributed by atoms with E-state index in [4.69, 9.17) is 4.74 Å². The lowest BCUT2D eigenvalue weighted by Crippen LogP contribution is -2.32. The van der Waals surface area contributed by atoms with Crippen molar-refractivity contribution in [3.8, 4) is 0 Å². The lowest BCUT2D eigenvalue weighted by molar-refractivity contribution is -0.150. The Hall–Kier alpha value is -0.510. The summed E-state index contributed by atoms with van der Waals surface area (Å²) >= 11 is 1.64. The van der Waals surface area contributed by atoms with Crippen LogP contribution in [-0.4, -0.2) is 28.9 Å². The third-order valence-corrected chi connectivity index (χ3v) is 4.53. The highest BCUT2D eigenvalue weighted by atomic mass is 32.2. The Morgan fingerprint density at radius 2 is 2.20 bits per heavy atom. The SMILES string of the molecule is C[C@@]1(C(=O)OCC(=O)C2CC2)CCCS1. The summed E-state index contributed by atoms with van der Waals surface area (Å²) in [6.45, 7) is 1.90. The van der Waals surface area contributed by atoms with E-state index in [1.54, 1.807) is 11.8 Å². The molecule has 1 saturated carbocycles. The highest BCUT2D eigenvalue weighted by Crippen LogP contribution is 2.38. The maximum absolute atomic E-state index is 11.7. The number of carbonyl (C=O) groups is 2. The van der Waals surface area contributed by atoms with Crippen molar-refractivity contribution in [2.24, 2.45) is 5.92 Å². The summed E-state index contributed by atoms with van der Waals surface area (Å²) in [6.07, 6.45) is 3.88. The molecule has 2 rings (SSSR count). The number of ketones is 1. The maximum atomic E-state index is 11.7. The molecule has 0 aromatic rings. The van der Waals surface area contributed by atoms with Gasteiger partial charge in [-0.2, -0.15) is 0 Å². The summed E-state index contributed by atoms with van der Waals surface area (Å²) in [4.78, 5) is 23.1. The van der Waals surface area contributed by atoms with E-state index in [2.05, 4.69) is 0 Å². The van der Waals surface area contributed by atoms with Gasteiger partial charge < -0.3 is 4.74 Å². The minimum absolute atomic E-state index is 0.0142. The monoisotopic (exact) mass is 228 g/mol. The second-order valence-electron chi connectivity index (χ2n) is 4.50. The average molecular weight is 228 g/mol. The van der Waals surface area contributed by atoms with Crippen molar-refractivity contribution in [2.75, 3.05) is 12.4 Å². The molecule has 0 radical (unpaired) electrons. The van der Waals surface area contributed by atoms with Gasteiger partial charge in [-0.25, -0.2) is 0 Å². The first-order chi connectivity index (χ1) is 7.12. The van der Waals surface area contributed by atoms with Crippen molar-refractivity contribution in [2.45, 2.75) is 37.4 Å². The number of carbonyl (C=O) groups excluding carboxylic acids is 2. The van der Waals surface area contributed by atoms with Crippen LogP contribution in [-0.2, 0) is 14.3 Å². The van der Waals surface area contributed by atoms with Crippen LogP contribution in [0, 0.1) is 5.92 Å². The summed E-state index contributed by atoms with van der Waals surface area (Å²) in [5, 5.41) is 0. The largest absolute Gasteiger partial charge is 0.457 e. The standard InChI is InChI=1S/C11H16O3S/c1-11(5-2-6-15-11)10(13)14-7-9(12)8-3-4-8/h8H,2-7H2,1H3/t11-/m0/s1. The molecule has 4 heteroatoms. The molecule has 0 unspecified atom stereocenters. The fourth-order valence-corrected chi connectivity index (χ4v) is 2.96. The Kier molecular flexibility index (Phi) is 3.05. The molecular weight excluding hydrogens is 212 g/mol. The predicted molar refractivity (Wildman–Crippen MR) is 58.8 cm³/mol. The first kappa shape index (κ1) is 11.0. The Labute approximate surface area is 93.9 Å². The molecule has 0 amide bonds. The van der Waals surface area contributed by atoms with Gasteiger partial charge in [0.25, 0.3) is 0 Å². The van der Waals surface area contributed by atoms with Gasteiger partial charge in [-0.05, 0) is 38.4 Å². The van der Waals surface area contributed by atoms with Crippen molar-refractivity contribution in [3.63, 3.8) is 0 Å². The highest BCUT2D eigenvalue weighted by molar-refractivity contribution is 8.01. The molecule has 1 saturated heterocycles. The molecule has 0 spiro atoms. The van der Waals surface area contributed by atoms with Crippen LogP contribution in [0.3, 0.4) is 0 Å². The molecule has 1 heterocycles. The molecule has 1 atom stereocenters. The van der Waals surface area contributed by atoms with Crippen LogP contribution < -0.4 is 0 Å². The van der Waals surface area contributed by atoms with E-state index in [9.17, 15) is 9.59 Å². The van der Waals surface area contributed by atoms with Gasteiger partial charge >= 0.3 is 5.97 Å². The topological polar surface area (TPSA) is 43.4 Å². The molecule has 0 aromatic carbocycles. The van der Waals surface area contributed by atoms with Crippen LogP contribution in [0.15, 0.2) is 0 Å². The van der Waals surface area contributed by atoms with Crippen LogP contribution in [0.5, 0.6) is 0 Å². The van der Waals surface area contributed by atoms with E-state index in [-0.39, 0.29) is 24.3 Å². The van der Waals surface area contributed by atoms with Crippen molar-refractivity contribution in [1.82, 2.24) is 0 Å². The zero-order valence-corrected chi connectivity index (χ0v) is 9.77. The lowest BCUT2D eigenvalue weighted by atomic mass is 10.1. The molecule has 2 aliphatic rings. The Morgan fingerprint density at radius 1 is 1.47 bits per heavy atom. The Balaban J connectivity index is 1.78. The van der Waals surface area contributed by atoms with Crippen LogP contribution in [0.25, 0.3) is 0 Å². The van der Waals surface area contributed by atoms with Crippen LogP contribution >= 0.6 is 11.8 Å². The van der Waals surface area contributed by atoms with Gasteiger partial charge in [0.05, 0.1) is 0 Å². The van der Waals surface area contributed by atoms with Gasteiger partial charge in [0, 0.05) is 5.92 Å². The molecular formula is C11H16O3S. The molecule has 3 nitrogen and oxygen atoms in total. The number of rotatable bonds is 4. The van der Waals surface area contributed by atoms with Crippen LogP contribution in [0.2, 0.25) is 0 Å². The first-order valence-corrected chi connectivity index (χ1v) is 6.44. The third-order valence-electron chi connectivity index (χ3n) is 3.03. The van der Waals surface area contributed by atoms with Gasteiger partial charge in [0.1, 0.15) is 11.4 Å². The number of hydrogen-bond acceptors (Lipinski definition) is 4. The summed E-state index contributed by atoms with van der Waals surface area (Å²) in [7, 11) is 0. The summed E-state index contributed by atoms with van der Waals surface area (Å²) < 4.78 is 4.68. The minimum Gasteiger partial charge on any atom is -0.457 e. The normalized spacial score (nSPS) is 30.2. The van der Waals surface area contributed by atoms with Crippen LogP contribution in [0.1, 0.15) is 32.6 Å². The van der Waals surface area contributed by atoms with E-state index in [1.165, 1.54) is 0 Å². The summed E-state index contributed by atoms with van der Waals surface area (Å²) in [6, 6.07) is 0. The zero-order chi connectivity index (χ0) is 10.9. The molecule has 15 heavy (non-hydrogen) atoms. The second-order valence-corrected chi connectivity index (χ2v) is 6.10. The number of Topliss-reactive ketones (excluding diaryl/α,β-unsaturated/α-hetero) is 1. The van der Waals surface area contributed by atoms with Crippen molar-refractivity contribution >= 4 is 23.5 Å². The van der Waals surface area contributed by atoms with E-state index in [1.807, 2.05) is 6.92 Å². The lowest BCUT2D eigenvalue weighted by Gasteiger charge is -2.19. The minimum atomic E-state index is -0.399. The van der Waals surface area contributed by atoms with Crippen molar-refractivity contribution in [1.29, 1.82) is 0 Å². The van der Waals surface area contributed by atoms with E-state index < -0.39 is 4.75 Å². The third kappa shape index (κ3) is 2.54. The van der Waals surface area contributed by atoms with E-state index >= 15 is 0 Å². The Bertz CT molecular complexity index is 278. The van der Waals surface area contributed by atoms with Gasteiger partial charge in [-0.1, -0.05) is 0 Å². The fourth-order valence-electron chi connectivity index (χ4n) is 1.75. The average Bonchev–Trinajstić information content (AvgIpc) is 2.98. The quantitative estimate of drug-likeness (QED) is 0.688. The van der Waals surface area contributed by atoms with Crippen molar-refractivity contribution in [3.05, 3.63) is 0 Å². The highest BCUT2D eigenvalue weighted by Gasteiger charge is 2.39. The number of hydrogen-bond donors (Lipinski definition) is 0. The maximum Gasteiger partial charge on any atom is 0.322 e. The summed E-state index contributed by atoms with van der Waals surface area (Å²) in [5.41, 5.74) is 0. The molecule has 0 aromatic heterocycles. The molecule has 84 valence electrons. The number of ether oxygens (including phenoxy) is 1. The zero-order valence-electron chi connectivity index (χ0n) is 8.95. The molecule has 1 aliphatic carbocycles. The number of thioether (sulfide) groups is 1. The smallest absolute Gasteiger partial charge is 0.322 e. The molecule has 2 fully saturated rings. The van der Waals surface area contributed by atoms with Gasteiger partial charge in [-0.3, -0.25) is 9.59 Å². The van der Waals surface area contributed by atoms with Gasteiger partial charge in [0.15, 0.2) is 5.78 Å². The molecule has 1 aliphatic heterocycles. The van der Waals surface area contributed by atoms with E-state index in [0.717, 1.165) is 31.4 Å². The molecule has 0 N–H and O–H groups in total.